The molecule has 0 saturated carbocycles. The molecule has 0 amide bonds. The highest BCUT2D eigenvalue weighted by Gasteiger charge is 2.41. The van der Waals surface area contributed by atoms with Gasteiger partial charge in [-0.05, 0) is 12.0 Å². The van der Waals surface area contributed by atoms with Crippen LogP contribution in [-0.2, 0) is 14.9 Å². The SMILES string of the molecule is O=S(=O)(N1CCOCC1)N1CC[C@H]1c1ccccc1. The van der Waals surface area contributed by atoms with Crippen LogP contribution in [0.1, 0.15) is 18.0 Å². The Morgan fingerprint density at radius 2 is 1.74 bits per heavy atom. The van der Waals surface area contributed by atoms with Crippen molar-refractivity contribution >= 4 is 10.2 Å². The second kappa shape index (κ2) is 5.20. The Morgan fingerprint density at radius 1 is 1.05 bits per heavy atom. The number of nitrogens with zero attached hydrogens (tertiary/aromatic N) is 2. The standard InChI is InChI=1S/C13H18N2O3S/c16-19(17,14-8-10-18-11-9-14)15-7-6-13(15)12-4-2-1-3-5-12/h1-5,13H,6-11H2/t13-/m0/s1. The highest BCUT2D eigenvalue weighted by Crippen LogP contribution is 2.36. The maximum absolute atomic E-state index is 12.5. The predicted octanol–water partition coefficient (Wildman–Crippen LogP) is 1.01. The maximum atomic E-state index is 12.5. The second-order valence-corrected chi connectivity index (χ2v) is 6.73. The second-order valence-electron chi connectivity index (χ2n) is 4.85. The summed E-state index contributed by atoms with van der Waals surface area (Å²) in [5, 5.41) is 0. The van der Waals surface area contributed by atoms with Gasteiger partial charge in [-0.1, -0.05) is 30.3 Å². The van der Waals surface area contributed by atoms with Gasteiger partial charge in [0.25, 0.3) is 10.2 Å². The quantitative estimate of drug-likeness (QED) is 0.831. The highest BCUT2D eigenvalue weighted by atomic mass is 32.2. The molecule has 2 heterocycles. The molecule has 0 aromatic heterocycles. The maximum Gasteiger partial charge on any atom is 0.282 e. The van der Waals surface area contributed by atoms with Crippen LogP contribution in [0.3, 0.4) is 0 Å². The molecule has 0 aliphatic carbocycles. The van der Waals surface area contributed by atoms with Crippen molar-refractivity contribution in [2.75, 3.05) is 32.8 Å². The van der Waals surface area contributed by atoms with Crippen LogP contribution in [0.2, 0.25) is 0 Å². The van der Waals surface area contributed by atoms with Crippen LogP contribution in [0.4, 0.5) is 0 Å². The van der Waals surface area contributed by atoms with Crippen molar-refractivity contribution < 1.29 is 13.2 Å². The predicted molar refractivity (Wildman–Crippen MR) is 71.8 cm³/mol. The molecule has 1 aromatic rings. The number of rotatable bonds is 3. The molecular weight excluding hydrogens is 264 g/mol. The van der Waals surface area contributed by atoms with Gasteiger partial charge in [0.15, 0.2) is 0 Å². The van der Waals surface area contributed by atoms with E-state index in [4.69, 9.17) is 4.74 Å². The molecule has 2 aliphatic rings. The third-order valence-corrected chi connectivity index (χ3v) is 5.80. The number of benzene rings is 1. The minimum Gasteiger partial charge on any atom is -0.379 e. The number of hydrogen-bond acceptors (Lipinski definition) is 3. The molecule has 0 N–H and O–H groups in total. The van der Waals surface area contributed by atoms with E-state index in [1.807, 2.05) is 30.3 Å². The molecule has 5 nitrogen and oxygen atoms in total. The topological polar surface area (TPSA) is 49.9 Å². The van der Waals surface area contributed by atoms with E-state index in [0.29, 0.717) is 32.8 Å². The lowest BCUT2D eigenvalue weighted by Gasteiger charge is -2.43. The first-order valence-corrected chi connectivity index (χ1v) is 7.99. The molecule has 1 aromatic carbocycles. The average molecular weight is 282 g/mol. The largest absolute Gasteiger partial charge is 0.379 e. The Hall–Kier alpha value is -0.950. The van der Waals surface area contributed by atoms with Crippen LogP contribution < -0.4 is 0 Å². The zero-order chi connectivity index (χ0) is 13.3. The summed E-state index contributed by atoms with van der Waals surface area (Å²) in [5.41, 5.74) is 1.07. The van der Waals surface area contributed by atoms with Gasteiger partial charge in [0.2, 0.25) is 0 Å². The van der Waals surface area contributed by atoms with E-state index in [2.05, 4.69) is 0 Å². The summed E-state index contributed by atoms with van der Waals surface area (Å²) < 4.78 is 33.4. The normalized spacial score (nSPS) is 26.0. The van der Waals surface area contributed by atoms with Gasteiger partial charge in [-0.3, -0.25) is 0 Å². The van der Waals surface area contributed by atoms with Crippen molar-refractivity contribution in [3.8, 4) is 0 Å². The summed E-state index contributed by atoms with van der Waals surface area (Å²) >= 11 is 0. The smallest absolute Gasteiger partial charge is 0.282 e. The molecule has 19 heavy (non-hydrogen) atoms. The Labute approximate surface area is 114 Å². The zero-order valence-corrected chi connectivity index (χ0v) is 11.6. The Bertz CT molecular complexity index is 526. The number of hydrogen-bond donors (Lipinski definition) is 0. The van der Waals surface area contributed by atoms with Gasteiger partial charge in [0.1, 0.15) is 0 Å². The summed E-state index contributed by atoms with van der Waals surface area (Å²) in [6, 6.07) is 9.83. The summed E-state index contributed by atoms with van der Waals surface area (Å²) in [5.74, 6) is 0. The lowest BCUT2D eigenvalue weighted by molar-refractivity contribution is 0.0656. The molecule has 0 spiro atoms. The minimum absolute atomic E-state index is 0.00551. The first-order chi connectivity index (χ1) is 9.19. The molecular formula is C13H18N2O3S. The Balaban J connectivity index is 1.78. The number of morpholine rings is 1. The van der Waals surface area contributed by atoms with Gasteiger partial charge < -0.3 is 4.74 Å². The van der Waals surface area contributed by atoms with E-state index in [-0.39, 0.29) is 6.04 Å². The zero-order valence-electron chi connectivity index (χ0n) is 10.7. The van der Waals surface area contributed by atoms with Crippen molar-refractivity contribution in [2.24, 2.45) is 0 Å². The van der Waals surface area contributed by atoms with Crippen LogP contribution in [0.25, 0.3) is 0 Å². The average Bonchev–Trinajstić information content (AvgIpc) is 2.39. The van der Waals surface area contributed by atoms with Gasteiger partial charge in [0.05, 0.1) is 19.3 Å². The van der Waals surface area contributed by atoms with Crippen molar-refractivity contribution in [3.05, 3.63) is 35.9 Å². The summed E-state index contributed by atoms with van der Waals surface area (Å²) in [4.78, 5) is 0. The fraction of sp³-hybridized carbons (Fsp3) is 0.538. The van der Waals surface area contributed by atoms with E-state index in [1.165, 1.54) is 4.31 Å². The van der Waals surface area contributed by atoms with E-state index < -0.39 is 10.2 Å². The summed E-state index contributed by atoms with van der Waals surface area (Å²) in [6.07, 6.45) is 0.896. The van der Waals surface area contributed by atoms with Gasteiger partial charge in [-0.2, -0.15) is 17.0 Å². The van der Waals surface area contributed by atoms with E-state index in [9.17, 15) is 8.42 Å². The third-order valence-electron chi connectivity index (χ3n) is 3.75. The van der Waals surface area contributed by atoms with Gasteiger partial charge in [-0.15, -0.1) is 0 Å². The molecule has 1 atom stereocenters. The monoisotopic (exact) mass is 282 g/mol. The molecule has 2 fully saturated rings. The van der Waals surface area contributed by atoms with Crippen LogP contribution in [0.15, 0.2) is 30.3 Å². The Morgan fingerprint density at radius 3 is 2.32 bits per heavy atom. The molecule has 2 aliphatic heterocycles. The molecule has 6 heteroatoms. The van der Waals surface area contributed by atoms with Crippen molar-refractivity contribution in [2.45, 2.75) is 12.5 Å². The van der Waals surface area contributed by atoms with Crippen LogP contribution in [0, 0.1) is 0 Å². The van der Waals surface area contributed by atoms with Crippen molar-refractivity contribution in [1.82, 2.24) is 8.61 Å². The minimum atomic E-state index is -3.34. The molecule has 0 radical (unpaired) electrons. The first-order valence-electron chi connectivity index (χ1n) is 6.59. The molecule has 2 saturated heterocycles. The van der Waals surface area contributed by atoms with E-state index >= 15 is 0 Å². The van der Waals surface area contributed by atoms with Gasteiger partial charge in [-0.25, -0.2) is 0 Å². The van der Waals surface area contributed by atoms with E-state index in [1.54, 1.807) is 4.31 Å². The van der Waals surface area contributed by atoms with Gasteiger partial charge >= 0.3 is 0 Å². The summed E-state index contributed by atoms with van der Waals surface area (Å²) in [7, 11) is -3.34. The van der Waals surface area contributed by atoms with Crippen molar-refractivity contribution in [3.63, 3.8) is 0 Å². The van der Waals surface area contributed by atoms with E-state index in [0.717, 1.165) is 12.0 Å². The highest BCUT2D eigenvalue weighted by molar-refractivity contribution is 7.86. The molecule has 0 unspecified atom stereocenters. The Kier molecular flexibility index (Phi) is 3.58. The third kappa shape index (κ3) is 2.41. The van der Waals surface area contributed by atoms with Crippen LogP contribution >= 0.6 is 0 Å². The molecule has 104 valence electrons. The van der Waals surface area contributed by atoms with Crippen LogP contribution in [-0.4, -0.2) is 49.9 Å². The van der Waals surface area contributed by atoms with Crippen LogP contribution in [0.5, 0.6) is 0 Å². The number of ether oxygens (including phenoxy) is 1. The molecule has 3 rings (SSSR count). The lowest BCUT2D eigenvalue weighted by atomic mass is 9.98. The lowest BCUT2D eigenvalue weighted by Crippen LogP contribution is -2.54. The summed E-state index contributed by atoms with van der Waals surface area (Å²) in [6.45, 7) is 2.51. The molecule has 0 bridgehead atoms. The van der Waals surface area contributed by atoms with Crippen molar-refractivity contribution in [1.29, 1.82) is 0 Å². The fourth-order valence-corrected chi connectivity index (χ4v) is 4.37. The van der Waals surface area contributed by atoms with Gasteiger partial charge in [0, 0.05) is 19.6 Å². The first kappa shape index (κ1) is 13.1. The fourth-order valence-electron chi connectivity index (χ4n) is 2.57.